The summed E-state index contributed by atoms with van der Waals surface area (Å²) in [4.78, 5) is 11.2. The van der Waals surface area contributed by atoms with Gasteiger partial charge in [-0.05, 0) is 24.0 Å². The zero-order valence-corrected chi connectivity index (χ0v) is 11.2. The molecule has 2 nitrogen and oxygen atoms in total. The first-order valence-electron chi connectivity index (χ1n) is 5.74. The average Bonchev–Trinajstić information content (AvgIpc) is 2.47. The van der Waals surface area contributed by atoms with Crippen molar-refractivity contribution in [2.75, 3.05) is 6.26 Å². The molecule has 0 radical (unpaired) electrons. The minimum Gasteiger partial charge on any atom is -0.489 e. The number of halogens is 1. The van der Waals surface area contributed by atoms with Crippen molar-refractivity contribution in [3.05, 3.63) is 59.4 Å². The van der Waals surface area contributed by atoms with E-state index < -0.39 is 5.82 Å². The molecule has 0 fully saturated rings. The van der Waals surface area contributed by atoms with E-state index in [2.05, 4.69) is 0 Å². The van der Waals surface area contributed by atoms with Crippen LogP contribution in [0.5, 0.6) is 5.75 Å². The van der Waals surface area contributed by atoms with E-state index in [0.29, 0.717) is 23.5 Å². The molecule has 0 aliphatic heterocycles. The van der Waals surface area contributed by atoms with Crippen LogP contribution in [-0.4, -0.2) is 12.5 Å². The third-order valence-corrected chi connectivity index (χ3v) is 3.37. The second kappa shape index (κ2) is 6.38. The van der Waals surface area contributed by atoms with Crippen LogP contribution in [0.25, 0.3) is 0 Å². The molecule has 2 aromatic rings. The van der Waals surface area contributed by atoms with Gasteiger partial charge in [-0.1, -0.05) is 30.3 Å². The van der Waals surface area contributed by atoms with Crippen molar-refractivity contribution >= 4 is 18.0 Å². The van der Waals surface area contributed by atoms with E-state index in [9.17, 15) is 9.18 Å². The zero-order chi connectivity index (χ0) is 13.7. The Labute approximate surface area is 115 Å². The third kappa shape index (κ3) is 3.35. The second-order valence-corrected chi connectivity index (χ2v) is 4.77. The number of carbonyl (C=O) groups is 1. The Kier molecular flexibility index (Phi) is 4.58. The first-order chi connectivity index (χ1) is 9.24. The maximum absolute atomic E-state index is 13.7. The molecule has 2 aromatic carbocycles. The summed E-state index contributed by atoms with van der Waals surface area (Å²) in [6.45, 7) is 0.387. The van der Waals surface area contributed by atoms with Crippen LogP contribution in [0.15, 0.2) is 47.4 Å². The van der Waals surface area contributed by atoms with Crippen LogP contribution in [0.4, 0.5) is 4.39 Å². The summed E-state index contributed by atoms with van der Waals surface area (Å²) >= 11 is 1.25. The van der Waals surface area contributed by atoms with Gasteiger partial charge in [0.1, 0.15) is 18.2 Å². The van der Waals surface area contributed by atoms with Crippen LogP contribution >= 0.6 is 11.8 Å². The van der Waals surface area contributed by atoms with E-state index in [1.807, 2.05) is 30.3 Å². The summed E-state index contributed by atoms with van der Waals surface area (Å²) in [5, 5.41) is 0. The second-order valence-electron chi connectivity index (χ2n) is 3.92. The van der Waals surface area contributed by atoms with E-state index in [4.69, 9.17) is 4.74 Å². The fourth-order valence-electron chi connectivity index (χ4n) is 1.65. The predicted octanol–water partition coefficient (Wildman–Crippen LogP) is 3.94. The van der Waals surface area contributed by atoms with Gasteiger partial charge in [-0.2, -0.15) is 0 Å². The maximum Gasteiger partial charge on any atom is 0.153 e. The summed E-state index contributed by atoms with van der Waals surface area (Å²) in [7, 11) is 0. The fourth-order valence-corrected chi connectivity index (χ4v) is 2.18. The normalized spacial score (nSPS) is 10.2. The van der Waals surface area contributed by atoms with E-state index in [1.165, 1.54) is 17.8 Å². The molecule has 0 unspecified atom stereocenters. The topological polar surface area (TPSA) is 26.3 Å². The molecule has 98 valence electrons. The standard InChI is InChI=1S/C15H13FO2S/c1-19-14-8-13(7-12(9-17)15(14)16)18-10-11-5-3-2-4-6-11/h2-9H,10H2,1H3. The van der Waals surface area contributed by atoms with Crippen molar-refractivity contribution in [1.82, 2.24) is 0 Å². The smallest absolute Gasteiger partial charge is 0.153 e. The monoisotopic (exact) mass is 276 g/mol. The molecule has 0 aliphatic rings. The maximum atomic E-state index is 13.7. The fraction of sp³-hybridized carbons (Fsp3) is 0.133. The van der Waals surface area contributed by atoms with E-state index >= 15 is 0 Å². The van der Waals surface area contributed by atoms with Gasteiger partial charge in [0.15, 0.2) is 6.29 Å². The molecule has 0 aromatic heterocycles. The van der Waals surface area contributed by atoms with Gasteiger partial charge < -0.3 is 4.74 Å². The van der Waals surface area contributed by atoms with E-state index in [1.54, 1.807) is 12.3 Å². The van der Waals surface area contributed by atoms with Gasteiger partial charge in [0.25, 0.3) is 0 Å². The molecular formula is C15H13FO2S. The Balaban J connectivity index is 2.18. The van der Waals surface area contributed by atoms with Crippen molar-refractivity contribution in [2.24, 2.45) is 0 Å². The number of aldehydes is 1. The number of carbonyl (C=O) groups excluding carboxylic acids is 1. The van der Waals surface area contributed by atoms with Crippen LogP contribution in [0.2, 0.25) is 0 Å². The molecule has 0 spiro atoms. The Bertz CT molecular complexity index is 570. The molecule has 2 rings (SSSR count). The summed E-state index contributed by atoms with van der Waals surface area (Å²) in [6.07, 6.45) is 2.26. The molecule has 4 heteroatoms. The molecule has 0 bridgehead atoms. The lowest BCUT2D eigenvalue weighted by molar-refractivity contribution is 0.111. The quantitative estimate of drug-likeness (QED) is 0.611. The molecule has 0 heterocycles. The Morgan fingerprint density at radius 1 is 1.26 bits per heavy atom. The third-order valence-electron chi connectivity index (χ3n) is 2.64. The lowest BCUT2D eigenvalue weighted by atomic mass is 10.2. The molecule has 0 atom stereocenters. The Morgan fingerprint density at radius 2 is 2.00 bits per heavy atom. The summed E-state index contributed by atoms with van der Waals surface area (Å²) in [5.41, 5.74) is 1.04. The van der Waals surface area contributed by atoms with Crippen molar-refractivity contribution in [3.8, 4) is 5.75 Å². The van der Waals surface area contributed by atoms with Crippen molar-refractivity contribution < 1.29 is 13.9 Å². The number of hydrogen-bond donors (Lipinski definition) is 0. The number of thioether (sulfide) groups is 1. The molecule has 0 amide bonds. The lowest BCUT2D eigenvalue weighted by Gasteiger charge is -2.09. The van der Waals surface area contributed by atoms with Gasteiger partial charge in [-0.15, -0.1) is 11.8 Å². The van der Waals surface area contributed by atoms with Gasteiger partial charge in [-0.3, -0.25) is 4.79 Å². The largest absolute Gasteiger partial charge is 0.489 e. The molecule has 0 saturated heterocycles. The van der Waals surface area contributed by atoms with E-state index in [0.717, 1.165) is 5.56 Å². The summed E-state index contributed by atoms with van der Waals surface area (Å²) in [6, 6.07) is 12.7. The van der Waals surface area contributed by atoms with Crippen LogP contribution in [-0.2, 0) is 6.61 Å². The minimum absolute atomic E-state index is 0.0231. The molecule has 19 heavy (non-hydrogen) atoms. The van der Waals surface area contributed by atoms with Crippen LogP contribution in [0.1, 0.15) is 15.9 Å². The zero-order valence-electron chi connectivity index (χ0n) is 10.4. The Morgan fingerprint density at radius 3 is 2.63 bits per heavy atom. The first-order valence-corrected chi connectivity index (χ1v) is 6.96. The van der Waals surface area contributed by atoms with Gasteiger partial charge >= 0.3 is 0 Å². The summed E-state index contributed by atoms with van der Waals surface area (Å²) in [5.74, 6) is 0.00580. The van der Waals surface area contributed by atoms with Gasteiger partial charge in [0, 0.05) is 4.90 Å². The highest BCUT2D eigenvalue weighted by Crippen LogP contribution is 2.27. The molecular weight excluding hydrogens is 263 g/mol. The van der Waals surface area contributed by atoms with Crippen molar-refractivity contribution in [1.29, 1.82) is 0 Å². The molecule has 0 N–H and O–H groups in total. The highest BCUT2D eigenvalue weighted by Gasteiger charge is 2.10. The summed E-state index contributed by atoms with van der Waals surface area (Å²) < 4.78 is 19.3. The van der Waals surface area contributed by atoms with Crippen LogP contribution in [0, 0.1) is 5.82 Å². The first kappa shape index (κ1) is 13.6. The van der Waals surface area contributed by atoms with Crippen molar-refractivity contribution in [3.63, 3.8) is 0 Å². The highest BCUT2D eigenvalue weighted by atomic mass is 32.2. The highest BCUT2D eigenvalue weighted by molar-refractivity contribution is 7.98. The van der Waals surface area contributed by atoms with Crippen molar-refractivity contribution in [2.45, 2.75) is 11.5 Å². The lowest BCUT2D eigenvalue weighted by Crippen LogP contribution is -1.98. The SMILES string of the molecule is CSc1cc(OCc2ccccc2)cc(C=O)c1F. The van der Waals surface area contributed by atoms with Crippen LogP contribution < -0.4 is 4.74 Å². The average molecular weight is 276 g/mol. The Hall–Kier alpha value is -1.81. The number of hydrogen-bond acceptors (Lipinski definition) is 3. The number of ether oxygens (including phenoxy) is 1. The molecule has 0 aliphatic carbocycles. The molecule has 0 saturated carbocycles. The van der Waals surface area contributed by atoms with Crippen LogP contribution in [0.3, 0.4) is 0 Å². The minimum atomic E-state index is -0.491. The van der Waals surface area contributed by atoms with E-state index in [-0.39, 0.29) is 5.56 Å². The number of rotatable bonds is 5. The van der Waals surface area contributed by atoms with Gasteiger partial charge in [-0.25, -0.2) is 4.39 Å². The number of benzene rings is 2. The predicted molar refractivity (Wildman–Crippen MR) is 74.3 cm³/mol. The van der Waals surface area contributed by atoms with Gasteiger partial charge in [0.2, 0.25) is 0 Å². The van der Waals surface area contributed by atoms with Gasteiger partial charge in [0.05, 0.1) is 5.56 Å².